The van der Waals surface area contributed by atoms with Crippen molar-refractivity contribution in [3.63, 3.8) is 0 Å². The highest BCUT2D eigenvalue weighted by molar-refractivity contribution is 5.93. The average molecular weight is 420 g/mol. The van der Waals surface area contributed by atoms with Crippen LogP contribution in [0.2, 0.25) is 0 Å². The van der Waals surface area contributed by atoms with Crippen molar-refractivity contribution in [1.29, 1.82) is 0 Å². The first-order valence-corrected chi connectivity index (χ1v) is 9.03. The summed E-state index contributed by atoms with van der Waals surface area (Å²) < 4.78 is 48.9. The average Bonchev–Trinajstić information content (AvgIpc) is 3.12. The summed E-state index contributed by atoms with van der Waals surface area (Å²) >= 11 is 0. The molecule has 1 unspecified atom stereocenters. The predicted molar refractivity (Wildman–Crippen MR) is 102 cm³/mol. The number of carbonyl (C=O) groups excluding carboxylic acids is 1. The van der Waals surface area contributed by atoms with Crippen LogP contribution in [-0.2, 0) is 6.18 Å². The zero-order valence-corrected chi connectivity index (χ0v) is 15.9. The smallest absolute Gasteiger partial charge is 0.416 e. The standard InChI is InChI=1S/C21H19F3N2O4/c1-13-18(26-20(30-13)14-6-3-2-4-7-14)19(28)25-11-16(27)12-29-17-9-5-8-15(10-17)21(22,23)24/h2-10,16,27H,11-12H2,1H3,(H,25,28). The minimum Gasteiger partial charge on any atom is -0.491 e. The molecule has 0 aliphatic carbocycles. The van der Waals surface area contributed by atoms with E-state index in [1.165, 1.54) is 12.1 Å². The number of amides is 1. The summed E-state index contributed by atoms with van der Waals surface area (Å²) in [7, 11) is 0. The van der Waals surface area contributed by atoms with Gasteiger partial charge in [0, 0.05) is 12.1 Å². The monoisotopic (exact) mass is 420 g/mol. The fourth-order valence-electron chi connectivity index (χ4n) is 2.62. The van der Waals surface area contributed by atoms with E-state index in [1.54, 1.807) is 19.1 Å². The molecular weight excluding hydrogens is 401 g/mol. The first kappa shape index (κ1) is 21.4. The van der Waals surface area contributed by atoms with Crippen molar-refractivity contribution >= 4 is 5.91 Å². The molecule has 3 rings (SSSR count). The van der Waals surface area contributed by atoms with Crippen molar-refractivity contribution in [2.24, 2.45) is 0 Å². The third kappa shape index (κ3) is 5.38. The molecule has 2 aromatic carbocycles. The van der Waals surface area contributed by atoms with Crippen LogP contribution in [0.25, 0.3) is 11.5 Å². The summed E-state index contributed by atoms with van der Waals surface area (Å²) in [4.78, 5) is 16.5. The maximum Gasteiger partial charge on any atom is 0.416 e. The number of oxazole rings is 1. The van der Waals surface area contributed by atoms with E-state index in [4.69, 9.17) is 9.15 Å². The van der Waals surface area contributed by atoms with E-state index < -0.39 is 23.8 Å². The number of nitrogens with zero attached hydrogens (tertiary/aromatic N) is 1. The predicted octanol–water partition coefficient (Wildman–Crippen LogP) is 3.84. The van der Waals surface area contributed by atoms with Gasteiger partial charge in [0.15, 0.2) is 5.69 Å². The zero-order chi connectivity index (χ0) is 21.7. The van der Waals surface area contributed by atoms with Crippen LogP contribution in [0.4, 0.5) is 13.2 Å². The van der Waals surface area contributed by atoms with E-state index in [1.807, 2.05) is 18.2 Å². The summed E-state index contributed by atoms with van der Waals surface area (Å²) in [5, 5.41) is 12.5. The van der Waals surface area contributed by atoms with Gasteiger partial charge in [-0.1, -0.05) is 24.3 Å². The van der Waals surface area contributed by atoms with Crippen molar-refractivity contribution in [3.8, 4) is 17.2 Å². The Bertz CT molecular complexity index is 1000. The Morgan fingerprint density at radius 2 is 1.93 bits per heavy atom. The molecule has 0 spiro atoms. The highest BCUT2D eigenvalue weighted by Gasteiger charge is 2.30. The zero-order valence-electron chi connectivity index (χ0n) is 15.9. The molecule has 30 heavy (non-hydrogen) atoms. The van der Waals surface area contributed by atoms with E-state index in [0.717, 1.165) is 12.1 Å². The summed E-state index contributed by atoms with van der Waals surface area (Å²) in [6.07, 6.45) is -5.62. The Morgan fingerprint density at radius 3 is 2.63 bits per heavy atom. The molecule has 3 aromatic rings. The number of hydrogen-bond donors (Lipinski definition) is 2. The molecule has 6 nitrogen and oxygen atoms in total. The molecule has 2 N–H and O–H groups in total. The van der Waals surface area contributed by atoms with Gasteiger partial charge in [-0.2, -0.15) is 13.2 Å². The van der Waals surface area contributed by atoms with Gasteiger partial charge < -0.3 is 19.6 Å². The number of aliphatic hydroxyl groups is 1. The normalized spacial score (nSPS) is 12.4. The summed E-state index contributed by atoms with van der Waals surface area (Å²) in [6, 6.07) is 13.4. The van der Waals surface area contributed by atoms with Gasteiger partial charge in [0.2, 0.25) is 5.89 Å². The number of rotatable bonds is 7. The van der Waals surface area contributed by atoms with E-state index in [-0.39, 0.29) is 24.6 Å². The summed E-state index contributed by atoms with van der Waals surface area (Å²) in [5.74, 6) is 0.0411. The van der Waals surface area contributed by atoms with Gasteiger partial charge in [-0.25, -0.2) is 4.98 Å². The second-order valence-corrected chi connectivity index (χ2v) is 6.49. The molecule has 1 aromatic heterocycles. The molecule has 0 aliphatic rings. The van der Waals surface area contributed by atoms with Crippen molar-refractivity contribution in [2.45, 2.75) is 19.2 Å². The van der Waals surface area contributed by atoms with E-state index >= 15 is 0 Å². The Kier molecular flexibility index (Phi) is 6.41. The fraction of sp³-hybridized carbons (Fsp3) is 0.238. The first-order chi connectivity index (χ1) is 14.2. The number of aromatic nitrogens is 1. The van der Waals surface area contributed by atoms with Crippen LogP contribution in [0.1, 0.15) is 21.8 Å². The molecule has 0 fully saturated rings. The topological polar surface area (TPSA) is 84.6 Å². The van der Waals surface area contributed by atoms with Gasteiger partial charge in [-0.15, -0.1) is 0 Å². The van der Waals surface area contributed by atoms with Gasteiger partial charge in [0.25, 0.3) is 5.91 Å². The number of carbonyl (C=O) groups is 1. The highest BCUT2D eigenvalue weighted by Crippen LogP contribution is 2.31. The van der Waals surface area contributed by atoms with Gasteiger partial charge in [-0.3, -0.25) is 4.79 Å². The SMILES string of the molecule is Cc1oc(-c2ccccc2)nc1C(=O)NCC(O)COc1cccc(C(F)(F)F)c1. The van der Waals surface area contributed by atoms with Gasteiger partial charge in [0.1, 0.15) is 24.2 Å². The maximum atomic E-state index is 12.7. The molecule has 0 radical (unpaired) electrons. The molecular formula is C21H19F3N2O4. The number of aryl methyl sites for hydroxylation is 1. The summed E-state index contributed by atoms with van der Waals surface area (Å²) in [5.41, 5.74) is -0.0486. The van der Waals surface area contributed by atoms with Crippen LogP contribution in [0.3, 0.4) is 0 Å². The van der Waals surface area contributed by atoms with Crippen molar-refractivity contribution < 1.29 is 32.2 Å². The second kappa shape index (κ2) is 9.00. The minimum absolute atomic E-state index is 0.0324. The van der Waals surface area contributed by atoms with Gasteiger partial charge in [-0.05, 0) is 37.3 Å². The number of hydrogen-bond acceptors (Lipinski definition) is 5. The molecule has 1 amide bonds. The van der Waals surface area contributed by atoms with E-state index in [9.17, 15) is 23.1 Å². The largest absolute Gasteiger partial charge is 0.491 e. The van der Waals surface area contributed by atoms with Crippen molar-refractivity contribution in [3.05, 3.63) is 71.6 Å². The summed E-state index contributed by atoms with van der Waals surface area (Å²) in [6.45, 7) is 1.13. The second-order valence-electron chi connectivity index (χ2n) is 6.49. The fourth-order valence-corrected chi connectivity index (χ4v) is 2.62. The minimum atomic E-state index is -4.49. The molecule has 0 aliphatic heterocycles. The lowest BCUT2D eigenvalue weighted by Crippen LogP contribution is -2.35. The Labute approximate surface area is 170 Å². The third-order valence-electron chi connectivity index (χ3n) is 4.13. The Balaban J connectivity index is 1.53. The van der Waals surface area contributed by atoms with Crippen LogP contribution in [0, 0.1) is 6.92 Å². The van der Waals surface area contributed by atoms with Gasteiger partial charge in [0.05, 0.1) is 5.56 Å². The lowest BCUT2D eigenvalue weighted by Gasteiger charge is -2.14. The highest BCUT2D eigenvalue weighted by atomic mass is 19.4. The molecule has 9 heteroatoms. The Morgan fingerprint density at radius 1 is 1.20 bits per heavy atom. The van der Waals surface area contributed by atoms with Crippen LogP contribution in [-0.4, -0.2) is 35.3 Å². The maximum absolute atomic E-state index is 12.7. The van der Waals surface area contributed by atoms with Gasteiger partial charge >= 0.3 is 6.18 Å². The van der Waals surface area contributed by atoms with E-state index in [2.05, 4.69) is 10.3 Å². The molecule has 0 saturated heterocycles. The number of alkyl halides is 3. The van der Waals surface area contributed by atoms with Crippen LogP contribution >= 0.6 is 0 Å². The number of ether oxygens (including phenoxy) is 1. The van der Waals surface area contributed by atoms with Crippen LogP contribution in [0.15, 0.2) is 59.0 Å². The lowest BCUT2D eigenvalue weighted by atomic mass is 10.2. The molecule has 0 saturated carbocycles. The number of aliphatic hydroxyl groups excluding tert-OH is 1. The molecule has 1 heterocycles. The number of nitrogens with one attached hydrogen (secondary N) is 1. The number of halogens is 3. The van der Waals surface area contributed by atoms with Crippen molar-refractivity contribution in [1.82, 2.24) is 10.3 Å². The molecule has 1 atom stereocenters. The third-order valence-corrected chi connectivity index (χ3v) is 4.13. The van der Waals surface area contributed by atoms with Crippen LogP contribution in [0.5, 0.6) is 5.75 Å². The number of benzene rings is 2. The lowest BCUT2D eigenvalue weighted by molar-refractivity contribution is -0.137. The molecule has 158 valence electrons. The quantitative estimate of drug-likeness (QED) is 0.607. The first-order valence-electron chi connectivity index (χ1n) is 9.03. The Hall–Kier alpha value is -3.33. The van der Waals surface area contributed by atoms with Crippen molar-refractivity contribution in [2.75, 3.05) is 13.2 Å². The van der Waals surface area contributed by atoms with Crippen LogP contribution < -0.4 is 10.1 Å². The van der Waals surface area contributed by atoms with E-state index in [0.29, 0.717) is 17.2 Å². The molecule has 0 bridgehead atoms.